The van der Waals surface area contributed by atoms with Crippen molar-refractivity contribution in [2.24, 2.45) is 5.92 Å². The molecule has 0 unspecified atom stereocenters. The van der Waals surface area contributed by atoms with Crippen LogP contribution >= 0.6 is 11.3 Å². The summed E-state index contributed by atoms with van der Waals surface area (Å²) in [6.07, 6.45) is 3.32. The average molecular weight is 393 g/mol. The van der Waals surface area contributed by atoms with E-state index in [9.17, 15) is 9.18 Å². The highest BCUT2D eigenvalue weighted by Crippen LogP contribution is 2.31. The second-order valence-electron chi connectivity index (χ2n) is 6.93. The van der Waals surface area contributed by atoms with E-state index in [1.54, 1.807) is 23.5 Å². The number of hydrogen-bond acceptors (Lipinski definition) is 5. The molecule has 0 radical (unpaired) electrons. The van der Waals surface area contributed by atoms with Crippen molar-refractivity contribution in [1.82, 2.24) is 10.3 Å². The molecule has 28 heavy (non-hydrogen) atoms. The van der Waals surface area contributed by atoms with E-state index >= 15 is 0 Å². The molecule has 2 aromatic carbocycles. The second-order valence-corrected chi connectivity index (χ2v) is 7.96. The van der Waals surface area contributed by atoms with Crippen LogP contribution in [0, 0.1) is 11.7 Å². The third-order valence-electron chi connectivity index (χ3n) is 5.09. The van der Waals surface area contributed by atoms with Crippen molar-refractivity contribution in [2.45, 2.75) is 18.9 Å². The first-order chi connectivity index (χ1) is 13.7. The van der Waals surface area contributed by atoms with E-state index in [0.717, 1.165) is 33.0 Å². The molecule has 1 aliphatic heterocycles. The summed E-state index contributed by atoms with van der Waals surface area (Å²) in [4.78, 5) is 20.6. The molecule has 5 nitrogen and oxygen atoms in total. The molecular formula is C21H18FN4OS+. The van der Waals surface area contributed by atoms with Crippen molar-refractivity contribution in [3.05, 3.63) is 71.7 Å². The maximum atomic E-state index is 13.4. The minimum Gasteiger partial charge on any atom is -0.299 e. The molecule has 7 heteroatoms. The average Bonchev–Trinajstić information content (AvgIpc) is 3.10. The molecule has 2 aliphatic rings. The lowest BCUT2D eigenvalue weighted by Crippen LogP contribution is -2.84. The highest BCUT2D eigenvalue weighted by molar-refractivity contribution is 7.22. The first kappa shape index (κ1) is 17.1. The standard InChI is InChI=1S/C21H17FN4OS/c22-13-10-8-12(9-11-13)19-18-15(5-3-6-16(18)27)23-20(25-19)26-21-24-14-4-1-2-7-17(14)28-21/h1-2,4-5,7-11,18-19H,3,6H2,(H2,23,24,25,26)/p+1/t18-,19-/m1/s1. The van der Waals surface area contributed by atoms with E-state index in [4.69, 9.17) is 0 Å². The van der Waals surface area contributed by atoms with Gasteiger partial charge in [-0.05, 0) is 42.3 Å². The lowest BCUT2D eigenvalue weighted by Gasteiger charge is -2.30. The Morgan fingerprint density at radius 1 is 1.18 bits per heavy atom. The van der Waals surface area contributed by atoms with Crippen LogP contribution in [0.2, 0.25) is 0 Å². The lowest BCUT2D eigenvalue weighted by molar-refractivity contribution is -0.522. The van der Waals surface area contributed by atoms with Crippen molar-refractivity contribution < 1.29 is 14.2 Å². The Kier molecular flexibility index (Phi) is 4.16. The lowest BCUT2D eigenvalue weighted by atomic mass is 9.81. The molecule has 140 valence electrons. The number of para-hydroxylation sites is 1. The van der Waals surface area contributed by atoms with Gasteiger partial charge in [-0.15, -0.1) is 0 Å². The molecule has 0 saturated carbocycles. The quantitative estimate of drug-likeness (QED) is 0.626. The maximum Gasteiger partial charge on any atom is 0.355 e. The molecule has 0 saturated heterocycles. The van der Waals surface area contributed by atoms with E-state index in [1.807, 2.05) is 24.3 Å². The Morgan fingerprint density at radius 2 is 2.00 bits per heavy atom. The van der Waals surface area contributed by atoms with Gasteiger partial charge in [0, 0.05) is 6.42 Å². The number of fused-ring (bicyclic) bond motifs is 2. The van der Waals surface area contributed by atoms with Gasteiger partial charge in [0.1, 0.15) is 23.6 Å². The summed E-state index contributed by atoms with van der Waals surface area (Å²) in [6, 6.07) is 14.0. The minimum absolute atomic E-state index is 0.186. The summed E-state index contributed by atoms with van der Waals surface area (Å²) in [5, 5.41) is 7.38. The van der Waals surface area contributed by atoms with Crippen LogP contribution in [0.3, 0.4) is 0 Å². The number of benzene rings is 2. The molecule has 2 atom stereocenters. The van der Waals surface area contributed by atoms with Crippen molar-refractivity contribution in [1.29, 1.82) is 0 Å². The molecule has 0 amide bonds. The van der Waals surface area contributed by atoms with Crippen molar-refractivity contribution in [3.63, 3.8) is 0 Å². The van der Waals surface area contributed by atoms with Gasteiger partial charge in [0.2, 0.25) is 0 Å². The highest BCUT2D eigenvalue weighted by Gasteiger charge is 2.41. The number of aromatic nitrogens is 1. The molecule has 2 heterocycles. The van der Waals surface area contributed by atoms with Gasteiger partial charge in [0.15, 0.2) is 0 Å². The van der Waals surface area contributed by atoms with Gasteiger partial charge in [0.25, 0.3) is 5.13 Å². The predicted octanol–water partition coefficient (Wildman–Crippen LogP) is 2.49. The number of guanidine groups is 1. The van der Waals surface area contributed by atoms with E-state index < -0.39 is 0 Å². The SMILES string of the molecule is O=C1CCC=C2NC(Nc3nc4ccccc4s3)=[NH+][C@H](c3ccc(F)cc3)[C@@H]12. The molecule has 0 bridgehead atoms. The Labute approximate surface area is 165 Å². The van der Waals surface area contributed by atoms with Gasteiger partial charge < -0.3 is 0 Å². The molecule has 0 fully saturated rings. The molecule has 1 aliphatic carbocycles. The number of carbonyl (C=O) groups excluding carboxylic acids is 1. The summed E-state index contributed by atoms with van der Waals surface area (Å²) in [5.74, 6) is 0.261. The molecular weight excluding hydrogens is 375 g/mol. The number of allylic oxidation sites excluding steroid dienone is 1. The Balaban J connectivity index is 1.52. The number of nitrogens with one attached hydrogen (secondary N) is 3. The molecule has 5 rings (SSSR count). The number of Topliss-reactive ketones (excluding diaryl/α,β-unsaturated/α-hetero) is 1. The van der Waals surface area contributed by atoms with Crippen molar-refractivity contribution >= 4 is 38.4 Å². The zero-order valence-corrected chi connectivity index (χ0v) is 15.7. The van der Waals surface area contributed by atoms with Gasteiger partial charge in [-0.3, -0.25) is 9.79 Å². The van der Waals surface area contributed by atoms with Crippen molar-refractivity contribution in [3.8, 4) is 0 Å². The fourth-order valence-electron chi connectivity index (χ4n) is 3.79. The Hall–Kier alpha value is -3.06. The number of hydrogen-bond donors (Lipinski definition) is 3. The Morgan fingerprint density at radius 3 is 2.82 bits per heavy atom. The minimum atomic E-state index is -0.305. The summed E-state index contributed by atoms with van der Waals surface area (Å²) in [6.45, 7) is 0. The van der Waals surface area contributed by atoms with E-state index in [0.29, 0.717) is 12.4 Å². The van der Waals surface area contributed by atoms with Gasteiger partial charge in [-0.1, -0.05) is 35.6 Å². The molecule has 3 aromatic rings. The summed E-state index contributed by atoms with van der Waals surface area (Å²) < 4.78 is 14.5. The van der Waals surface area contributed by atoms with Gasteiger partial charge in [-0.2, -0.15) is 0 Å². The topological polar surface area (TPSA) is 68.0 Å². The van der Waals surface area contributed by atoms with Crippen LogP contribution in [0.5, 0.6) is 0 Å². The van der Waals surface area contributed by atoms with Crippen LogP contribution in [0.1, 0.15) is 24.4 Å². The summed E-state index contributed by atoms with van der Waals surface area (Å²) in [5.41, 5.74) is 2.69. The number of halogens is 1. The first-order valence-corrected chi connectivity index (χ1v) is 10.0. The van der Waals surface area contributed by atoms with Crippen LogP contribution in [0.15, 0.2) is 60.3 Å². The zero-order chi connectivity index (χ0) is 19.1. The van der Waals surface area contributed by atoms with Crippen LogP contribution in [-0.2, 0) is 4.79 Å². The van der Waals surface area contributed by atoms with E-state index in [2.05, 4.69) is 26.7 Å². The largest absolute Gasteiger partial charge is 0.355 e. The highest BCUT2D eigenvalue weighted by atomic mass is 32.1. The maximum absolute atomic E-state index is 13.4. The normalized spacial score (nSPS) is 21.5. The zero-order valence-electron chi connectivity index (χ0n) is 14.9. The number of ketones is 1. The predicted molar refractivity (Wildman–Crippen MR) is 107 cm³/mol. The third-order valence-corrected chi connectivity index (χ3v) is 6.05. The smallest absolute Gasteiger partial charge is 0.299 e. The fraction of sp³-hybridized carbons (Fsp3) is 0.190. The first-order valence-electron chi connectivity index (χ1n) is 9.19. The van der Waals surface area contributed by atoms with Gasteiger partial charge in [-0.25, -0.2) is 20.0 Å². The van der Waals surface area contributed by atoms with Crippen LogP contribution in [0.25, 0.3) is 10.2 Å². The molecule has 0 spiro atoms. The number of thiazole rings is 1. The van der Waals surface area contributed by atoms with Crippen LogP contribution in [0.4, 0.5) is 9.52 Å². The molecule has 3 N–H and O–H groups in total. The van der Waals surface area contributed by atoms with Crippen LogP contribution < -0.4 is 15.6 Å². The van der Waals surface area contributed by atoms with Gasteiger partial charge in [0.05, 0.1) is 15.9 Å². The number of rotatable bonds is 2. The van der Waals surface area contributed by atoms with Gasteiger partial charge >= 0.3 is 5.96 Å². The summed E-state index contributed by atoms with van der Waals surface area (Å²) >= 11 is 1.56. The van der Waals surface area contributed by atoms with Crippen molar-refractivity contribution in [2.75, 3.05) is 5.32 Å². The molecule has 1 aromatic heterocycles. The Bertz CT molecular complexity index is 1090. The third kappa shape index (κ3) is 3.07. The monoisotopic (exact) mass is 393 g/mol. The fourth-order valence-corrected chi connectivity index (χ4v) is 4.66. The van der Waals surface area contributed by atoms with Crippen LogP contribution in [-0.4, -0.2) is 16.7 Å². The van der Waals surface area contributed by atoms with E-state index in [-0.39, 0.29) is 23.6 Å². The number of nitrogens with zero attached hydrogens (tertiary/aromatic N) is 1. The van der Waals surface area contributed by atoms with E-state index in [1.165, 1.54) is 12.1 Å². The number of anilines is 1. The second kappa shape index (κ2) is 6.83. The number of carbonyl (C=O) groups is 1. The summed E-state index contributed by atoms with van der Waals surface area (Å²) in [7, 11) is 0.